The predicted octanol–water partition coefficient (Wildman–Crippen LogP) is 2.26. The van der Waals surface area contributed by atoms with Crippen molar-refractivity contribution in [2.24, 2.45) is 0 Å². The Labute approximate surface area is 162 Å². The molecule has 0 aliphatic carbocycles. The van der Waals surface area contributed by atoms with Gasteiger partial charge in [0, 0.05) is 30.8 Å². The lowest BCUT2D eigenvalue weighted by atomic mass is 10.2. The van der Waals surface area contributed by atoms with Gasteiger partial charge in [-0.25, -0.2) is 4.98 Å². The Morgan fingerprint density at radius 2 is 1.93 bits per heavy atom. The standard InChI is InChI=1S/C21H21N3O4/c1-15-9-10-18-23-17(12-19(25)24(18)13-15)14-28-20(26)8-5-11-22-21(27)16-6-3-2-4-7-16/h2-4,6-7,9-10,12-13H,5,8,11,14H2,1H3,(H,22,27). The number of esters is 1. The number of benzene rings is 1. The van der Waals surface area contributed by atoms with Crippen LogP contribution in [0.1, 0.15) is 34.5 Å². The molecule has 1 amide bonds. The third kappa shape index (κ3) is 5.03. The van der Waals surface area contributed by atoms with Gasteiger partial charge in [0.2, 0.25) is 0 Å². The van der Waals surface area contributed by atoms with Crippen LogP contribution in [0.4, 0.5) is 0 Å². The monoisotopic (exact) mass is 379 g/mol. The average Bonchev–Trinajstić information content (AvgIpc) is 2.70. The number of carbonyl (C=O) groups is 2. The summed E-state index contributed by atoms with van der Waals surface area (Å²) in [6, 6.07) is 13.8. The molecule has 1 N–H and O–H groups in total. The summed E-state index contributed by atoms with van der Waals surface area (Å²) in [5.74, 6) is -0.579. The summed E-state index contributed by atoms with van der Waals surface area (Å²) in [6.07, 6.45) is 2.34. The molecule has 1 aromatic carbocycles. The van der Waals surface area contributed by atoms with Gasteiger partial charge in [0.05, 0.1) is 5.69 Å². The highest BCUT2D eigenvalue weighted by Gasteiger charge is 2.08. The zero-order chi connectivity index (χ0) is 19.9. The number of aryl methyl sites for hydroxylation is 1. The summed E-state index contributed by atoms with van der Waals surface area (Å²) >= 11 is 0. The van der Waals surface area contributed by atoms with Crippen LogP contribution in [0.5, 0.6) is 0 Å². The van der Waals surface area contributed by atoms with Crippen LogP contribution in [-0.2, 0) is 16.1 Å². The molecule has 0 spiro atoms. The highest BCUT2D eigenvalue weighted by molar-refractivity contribution is 5.94. The fourth-order valence-corrected chi connectivity index (χ4v) is 2.69. The number of fused-ring (bicyclic) bond motifs is 1. The number of hydrogen-bond acceptors (Lipinski definition) is 5. The number of nitrogens with one attached hydrogen (secondary N) is 1. The number of rotatable bonds is 7. The molecular formula is C21H21N3O4. The summed E-state index contributed by atoms with van der Waals surface area (Å²) in [5, 5.41) is 2.76. The average molecular weight is 379 g/mol. The highest BCUT2D eigenvalue weighted by atomic mass is 16.5. The molecule has 7 nitrogen and oxygen atoms in total. The Balaban J connectivity index is 1.44. The third-order valence-electron chi connectivity index (χ3n) is 4.12. The molecule has 0 saturated carbocycles. The van der Waals surface area contributed by atoms with Crippen LogP contribution in [0.15, 0.2) is 59.5 Å². The van der Waals surface area contributed by atoms with Crippen molar-refractivity contribution in [2.45, 2.75) is 26.4 Å². The van der Waals surface area contributed by atoms with Crippen molar-refractivity contribution < 1.29 is 14.3 Å². The molecule has 144 valence electrons. The first-order valence-electron chi connectivity index (χ1n) is 9.01. The molecule has 3 aromatic rings. The molecule has 0 aliphatic heterocycles. The predicted molar refractivity (Wildman–Crippen MR) is 104 cm³/mol. The van der Waals surface area contributed by atoms with E-state index in [1.807, 2.05) is 19.1 Å². The van der Waals surface area contributed by atoms with Crippen LogP contribution in [0.2, 0.25) is 0 Å². The number of aromatic nitrogens is 2. The van der Waals surface area contributed by atoms with Gasteiger partial charge in [0.25, 0.3) is 11.5 Å². The van der Waals surface area contributed by atoms with Crippen LogP contribution < -0.4 is 10.9 Å². The Kier molecular flexibility index (Phi) is 6.16. The minimum absolute atomic E-state index is 0.0607. The number of pyridine rings is 1. The lowest BCUT2D eigenvalue weighted by Gasteiger charge is -2.07. The van der Waals surface area contributed by atoms with Gasteiger partial charge >= 0.3 is 5.97 Å². The molecular weight excluding hydrogens is 358 g/mol. The van der Waals surface area contributed by atoms with Crippen molar-refractivity contribution in [3.8, 4) is 0 Å². The fraction of sp³-hybridized carbons (Fsp3) is 0.238. The van der Waals surface area contributed by atoms with Crippen molar-refractivity contribution >= 4 is 17.5 Å². The first kappa shape index (κ1) is 19.3. The number of carbonyl (C=O) groups excluding carboxylic acids is 2. The first-order chi connectivity index (χ1) is 13.5. The van der Waals surface area contributed by atoms with Gasteiger partial charge in [0.1, 0.15) is 12.3 Å². The quantitative estimate of drug-likeness (QED) is 0.502. The molecule has 3 rings (SSSR count). The van der Waals surface area contributed by atoms with Gasteiger partial charge in [-0.15, -0.1) is 0 Å². The summed E-state index contributed by atoms with van der Waals surface area (Å²) in [6.45, 7) is 2.20. The van der Waals surface area contributed by atoms with Gasteiger partial charge in [-0.3, -0.25) is 18.8 Å². The first-order valence-corrected chi connectivity index (χ1v) is 9.01. The van der Waals surface area contributed by atoms with Crippen LogP contribution in [-0.4, -0.2) is 27.8 Å². The van der Waals surface area contributed by atoms with Gasteiger partial charge in [0.15, 0.2) is 0 Å². The SMILES string of the molecule is Cc1ccc2nc(COC(=O)CCCNC(=O)c3ccccc3)cc(=O)n2c1. The zero-order valence-corrected chi connectivity index (χ0v) is 15.6. The van der Waals surface area contributed by atoms with Crippen LogP contribution in [0.25, 0.3) is 5.65 Å². The van der Waals surface area contributed by atoms with Gasteiger partial charge < -0.3 is 10.1 Å². The van der Waals surface area contributed by atoms with Crippen molar-refractivity contribution in [3.05, 3.63) is 81.9 Å². The molecule has 0 aliphatic rings. The van der Waals surface area contributed by atoms with Gasteiger partial charge in [-0.2, -0.15) is 0 Å². The highest BCUT2D eigenvalue weighted by Crippen LogP contribution is 2.04. The summed E-state index contributed by atoms with van der Waals surface area (Å²) < 4.78 is 6.64. The lowest BCUT2D eigenvalue weighted by Crippen LogP contribution is -2.25. The Morgan fingerprint density at radius 3 is 2.71 bits per heavy atom. The second-order valence-electron chi connectivity index (χ2n) is 6.41. The van der Waals surface area contributed by atoms with E-state index in [9.17, 15) is 14.4 Å². The van der Waals surface area contributed by atoms with Gasteiger partial charge in [-0.1, -0.05) is 24.3 Å². The Bertz CT molecular complexity index is 1040. The van der Waals surface area contributed by atoms with E-state index in [4.69, 9.17) is 4.74 Å². The van der Waals surface area contributed by atoms with E-state index in [-0.39, 0.29) is 24.5 Å². The number of nitrogens with zero attached hydrogens (tertiary/aromatic N) is 2. The maximum atomic E-state index is 12.1. The Hall–Kier alpha value is -3.48. The van der Waals surface area contributed by atoms with E-state index in [2.05, 4.69) is 10.3 Å². The summed E-state index contributed by atoms with van der Waals surface area (Å²) in [5.41, 5.74) is 2.22. The Morgan fingerprint density at radius 1 is 1.14 bits per heavy atom. The molecule has 7 heteroatoms. The van der Waals surface area contributed by atoms with Crippen LogP contribution >= 0.6 is 0 Å². The number of ether oxygens (including phenoxy) is 1. The van der Waals surface area contributed by atoms with E-state index < -0.39 is 5.97 Å². The lowest BCUT2D eigenvalue weighted by molar-refractivity contribution is -0.145. The normalized spacial score (nSPS) is 10.6. The van der Waals surface area contributed by atoms with Crippen LogP contribution in [0.3, 0.4) is 0 Å². The van der Waals surface area contributed by atoms with Crippen molar-refractivity contribution in [2.75, 3.05) is 6.54 Å². The zero-order valence-electron chi connectivity index (χ0n) is 15.6. The summed E-state index contributed by atoms with van der Waals surface area (Å²) in [7, 11) is 0. The van der Waals surface area contributed by atoms with E-state index in [0.717, 1.165) is 5.56 Å². The molecule has 2 aromatic heterocycles. The molecule has 0 unspecified atom stereocenters. The van der Waals surface area contributed by atoms with Crippen molar-refractivity contribution in [1.82, 2.24) is 14.7 Å². The van der Waals surface area contributed by atoms with E-state index >= 15 is 0 Å². The van der Waals surface area contributed by atoms with E-state index in [1.54, 1.807) is 36.5 Å². The fourth-order valence-electron chi connectivity index (χ4n) is 2.69. The van der Waals surface area contributed by atoms with E-state index in [0.29, 0.717) is 29.9 Å². The van der Waals surface area contributed by atoms with Gasteiger partial charge in [-0.05, 0) is 37.1 Å². The number of amides is 1. The minimum Gasteiger partial charge on any atom is -0.459 e. The van der Waals surface area contributed by atoms with Crippen molar-refractivity contribution in [3.63, 3.8) is 0 Å². The van der Waals surface area contributed by atoms with Crippen molar-refractivity contribution in [1.29, 1.82) is 0 Å². The molecule has 2 heterocycles. The second-order valence-corrected chi connectivity index (χ2v) is 6.41. The second kappa shape index (κ2) is 8.94. The molecule has 0 fully saturated rings. The minimum atomic E-state index is -0.403. The van der Waals surface area contributed by atoms with Crippen LogP contribution in [0, 0.1) is 6.92 Å². The molecule has 28 heavy (non-hydrogen) atoms. The maximum Gasteiger partial charge on any atom is 0.306 e. The topological polar surface area (TPSA) is 89.8 Å². The maximum absolute atomic E-state index is 12.1. The molecule has 0 atom stereocenters. The third-order valence-corrected chi connectivity index (χ3v) is 4.12. The molecule has 0 radical (unpaired) electrons. The smallest absolute Gasteiger partial charge is 0.306 e. The summed E-state index contributed by atoms with van der Waals surface area (Å²) in [4.78, 5) is 40.2. The molecule has 0 saturated heterocycles. The molecule has 0 bridgehead atoms. The largest absolute Gasteiger partial charge is 0.459 e. The number of hydrogen-bond donors (Lipinski definition) is 1. The van der Waals surface area contributed by atoms with E-state index in [1.165, 1.54) is 10.5 Å².